The van der Waals surface area contributed by atoms with Crippen LogP contribution in [-0.2, 0) is 26.2 Å². The smallest absolute Gasteiger partial charge is 0.264 e. The molecule has 3 aromatic rings. The van der Waals surface area contributed by atoms with E-state index in [4.69, 9.17) is 46.4 Å². The molecule has 0 aromatic heterocycles. The molecule has 40 heavy (non-hydrogen) atoms. The summed E-state index contributed by atoms with van der Waals surface area (Å²) in [6.07, 6.45) is 0.967. The van der Waals surface area contributed by atoms with E-state index in [-0.39, 0.29) is 39.5 Å². The molecule has 3 rings (SSSR count). The minimum Gasteiger partial charge on any atom is -0.354 e. The molecule has 0 heterocycles. The van der Waals surface area contributed by atoms with Crippen molar-refractivity contribution in [3.05, 3.63) is 92.4 Å². The van der Waals surface area contributed by atoms with Gasteiger partial charge in [0.25, 0.3) is 10.0 Å². The number of nitrogens with zero attached hydrogens (tertiary/aromatic N) is 2. The van der Waals surface area contributed by atoms with Gasteiger partial charge in [-0.3, -0.25) is 13.9 Å². The van der Waals surface area contributed by atoms with Crippen molar-refractivity contribution in [2.24, 2.45) is 0 Å². The van der Waals surface area contributed by atoms with Crippen LogP contribution in [0.25, 0.3) is 0 Å². The van der Waals surface area contributed by atoms with Crippen LogP contribution in [0.5, 0.6) is 0 Å². The summed E-state index contributed by atoms with van der Waals surface area (Å²) in [6.45, 7) is 3.35. The Hall–Kier alpha value is -2.49. The molecular weight excluding hydrogens is 616 g/mol. The zero-order valence-electron chi connectivity index (χ0n) is 21.9. The summed E-state index contributed by atoms with van der Waals surface area (Å²) in [5.74, 6) is -1.01. The SMILES string of the molecule is CCCNC(=O)C(CC)N(Cc1c(Cl)cccc1Cl)C(=O)CN(c1ccc(Cl)c(Cl)c1)S(=O)(=O)c1ccccc1. The third-order valence-electron chi connectivity index (χ3n) is 6.13. The standard InChI is InChI=1S/C28H29Cl4N3O4S/c1-3-15-33-28(37)26(4-2)34(17-21-22(29)11-8-12-23(21)30)27(36)18-35(19-13-14-24(31)25(32)16-19)40(38,39)20-9-6-5-7-10-20/h5-14,16,26H,3-4,15,17-18H2,1-2H3,(H,33,37). The number of rotatable bonds is 12. The number of benzene rings is 3. The van der Waals surface area contributed by atoms with E-state index in [2.05, 4.69) is 5.32 Å². The van der Waals surface area contributed by atoms with Crippen LogP contribution in [0.2, 0.25) is 20.1 Å². The van der Waals surface area contributed by atoms with E-state index in [0.717, 1.165) is 4.31 Å². The van der Waals surface area contributed by atoms with Crippen LogP contribution in [0.15, 0.2) is 71.6 Å². The second kappa shape index (κ2) is 14.4. The van der Waals surface area contributed by atoms with Crippen molar-refractivity contribution in [1.29, 1.82) is 0 Å². The fourth-order valence-corrected chi connectivity index (χ4v) is 6.26. The van der Waals surface area contributed by atoms with Gasteiger partial charge in [0.15, 0.2) is 0 Å². The highest BCUT2D eigenvalue weighted by Gasteiger charge is 2.34. The summed E-state index contributed by atoms with van der Waals surface area (Å²) in [4.78, 5) is 28.5. The van der Waals surface area contributed by atoms with E-state index in [0.29, 0.717) is 28.6 Å². The zero-order valence-corrected chi connectivity index (χ0v) is 25.8. The van der Waals surface area contributed by atoms with Crippen molar-refractivity contribution in [2.45, 2.75) is 44.2 Å². The second-order valence-corrected chi connectivity index (χ2v) is 12.4. The third kappa shape index (κ3) is 7.62. The molecule has 0 fully saturated rings. The molecule has 1 unspecified atom stereocenters. The topological polar surface area (TPSA) is 86.8 Å². The van der Waals surface area contributed by atoms with Gasteiger partial charge in [-0.2, -0.15) is 0 Å². The maximum absolute atomic E-state index is 14.1. The number of amides is 2. The van der Waals surface area contributed by atoms with E-state index in [9.17, 15) is 18.0 Å². The van der Waals surface area contributed by atoms with E-state index >= 15 is 0 Å². The maximum Gasteiger partial charge on any atom is 0.264 e. The number of carbonyl (C=O) groups is 2. The lowest BCUT2D eigenvalue weighted by molar-refractivity contribution is -0.140. The van der Waals surface area contributed by atoms with Gasteiger partial charge in [-0.15, -0.1) is 0 Å². The molecule has 0 bridgehead atoms. The van der Waals surface area contributed by atoms with Gasteiger partial charge in [0.1, 0.15) is 12.6 Å². The molecule has 214 valence electrons. The highest BCUT2D eigenvalue weighted by molar-refractivity contribution is 7.92. The van der Waals surface area contributed by atoms with Crippen molar-refractivity contribution in [3.8, 4) is 0 Å². The predicted octanol–water partition coefficient (Wildman–Crippen LogP) is 6.83. The first-order valence-corrected chi connectivity index (χ1v) is 15.5. The first-order chi connectivity index (χ1) is 19.0. The summed E-state index contributed by atoms with van der Waals surface area (Å²) >= 11 is 25.2. The van der Waals surface area contributed by atoms with Gasteiger partial charge >= 0.3 is 0 Å². The first-order valence-electron chi connectivity index (χ1n) is 12.5. The third-order valence-corrected chi connectivity index (χ3v) is 9.36. The molecule has 0 aliphatic heterocycles. The normalized spacial score (nSPS) is 12.1. The van der Waals surface area contributed by atoms with Crippen LogP contribution >= 0.6 is 46.4 Å². The van der Waals surface area contributed by atoms with Gasteiger partial charge in [0.2, 0.25) is 11.8 Å². The van der Waals surface area contributed by atoms with Crippen LogP contribution in [-0.4, -0.2) is 44.3 Å². The summed E-state index contributed by atoms with van der Waals surface area (Å²) < 4.78 is 28.6. The van der Waals surface area contributed by atoms with Crippen LogP contribution in [0.4, 0.5) is 5.69 Å². The molecule has 2 amide bonds. The number of carbonyl (C=O) groups excluding carboxylic acids is 2. The van der Waals surface area contributed by atoms with Gasteiger partial charge in [-0.25, -0.2) is 8.42 Å². The zero-order chi connectivity index (χ0) is 29.4. The Morgan fingerprint density at radius 1 is 0.850 bits per heavy atom. The summed E-state index contributed by atoms with van der Waals surface area (Å²) in [6, 6.07) is 16.0. The summed E-state index contributed by atoms with van der Waals surface area (Å²) in [5.41, 5.74) is 0.568. The maximum atomic E-state index is 14.1. The lowest BCUT2D eigenvalue weighted by Gasteiger charge is -2.33. The van der Waals surface area contributed by atoms with Gasteiger partial charge in [-0.1, -0.05) is 84.5 Å². The molecule has 0 spiro atoms. The minimum atomic E-state index is -4.24. The van der Waals surface area contributed by atoms with Crippen molar-refractivity contribution < 1.29 is 18.0 Å². The Morgan fingerprint density at radius 3 is 2.08 bits per heavy atom. The van der Waals surface area contributed by atoms with Gasteiger partial charge in [0, 0.05) is 28.7 Å². The monoisotopic (exact) mass is 643 g/mol. The Bertz CT molecular complexity index is 1430. The molecule has 0 radical (unpaired) electrons. The van der Waals surface area contributed by atoms with E-state index in [1.165, 1.54) is 35.2 Å². The molecule has 1 atom stereocenters. The molecule has 3 aromatic carbocycles. The largest absolute Gasteiger partial charge is 0.354 e. The molecular formula is C28H29Cl4N3O4S. The Balaban J connectivity index is 2.10. The molecule has 0 saturated heterocycles. The quantitative estimate of drug-likeness (QED) is 0.234. The molecule has 0 saturated carbocycles. The van der Waals surface area contributed by atoms with Crippen LogP contribution in [0.1, 0.15) is 32.3 Å². The van der Waals surface area contributed by atoms with Crippen molar-refractivity contribution in [3.63, 3.8) is 0 Å². The lowest BCUT2D eigenvalue weighted by Crippen LogP contribution is -2.52. The second-order valence-electron chi connectivity index (χ2n) is 8.86. The van der Waals surface area contributed by atoms with E-state index in [1.807, 2.05) is 6.92 Å². The van der Waals surface area contributed by atoms with Crippen LogP contribution < -0.4 is 9.62 Å². The molecule has 1 N–H and O–H groups in total. The fraction of sp³-hybridized carbons (Fsp3) is 0.286. The molecule has 12 heteroatoms. The fourth-order valence-electron chi connectivity index (χ4n) is 4.03. The Kier molecular flexibility index (Phi) is 11.5. The average molecular weight is 645 g/mol. The number of anilines is 1. The van der Waals surface area contributed by atoms with E-state index < -0.39 is 28.5 Å². The Morgan fingerprint density at radius 2 is 1.50 bits per heavy atom. The lowest BCUT2D eigenvalue weighted by atomic mass is 10.1. The minimum absolute atomic E-state index is 0.0256. The van der Waals surface area contributed by atoms with Gasteiger partial charge < -0.3 is 10.2 Å². The average Bonchev–Trinajstić information content (AvgIpc) is 2.93. The summed E-state index contributed by atoms with van der Waals surface area (Å²) in [7, 11) is -4.24. The van der Waals surface area contributed by atoms with Gasteiger partial charge in [-0.05, 0) is 55.3 Å². The van der Waals surface area contributed by atoms with Crippen molar-refractivity contribution in [2.75, 3.05) is 17.4 Å². The molecule has 0 aliphatic rings. The number of sulfonamides is 1. The number of hydrogen-bond donors (Lipinski definition) is 1. The summed E-state index contributed by atoms with van der Waals surface area (Å²) in [5, 5.41) is 3.79. The molecule has 7 nitrogen and oxygen atoms in total. The number of halogens is 4. The molecule has 0 aliphatic carbocycles. The first kappa shape index (κ1) is 32.0. The van der Waals surface area contributed by atoms with Crippen molar-refractivity contribution >= 4 is 73.9 Å². The number of nitrogens with one attached hydrogen (secondary N) is 1. The number of hydrogen-bond acceptors (Lipinski definition) is 4. The van der Waals surface area contributed by atoms with Crippen LogP contribution in [0, 0.1) is 0 Å². The predicted molar refractivity (Wildman–Crippen MR) is 162 cm³/mol. The highest BCUT2D eigenvalue weighted by atomic mass is 35.5. The van der Waals surface area contributed by atoms with Gasteiger partial charge in [0.05, 0.1) is 20.6 Å². The van der Waals surface area contributed by atoms with Crippen molar-refractivity contribution in [1.82, 2.24) is 10.2 Å². The highest BCUT2D eigenvalue weighted by Crippen LogP contribution is 2.32. The van der Waals surface area contributed by atoms with E-state index in [1.54, 1.807) is 43.3 Å². The Labute approximate surface area is 255 Å². The van der Waals surface area contributed by atoms with Crippen LogP contribution in [0.3, 0.4) is 0 Å².